The minimum Gasteiger partial charge on any atom is -0.482 e. The van der Waals surface area contributed by atoms with E-state index in [-0.39, 0.29) is 12.5 Å². The summed E-state index contributed by atoms with van der Waals surface area (Å²) in [7, 11) is 3.90. The monoisotopic (exact) mass is 334 g/mol. The molecule has 1 amide bonds. The minimum atomic E-state index is -0.157. The van der Waals surface area contributed by atoms with Crippen LogP contribution in [0.15, 0.2) is 22.7 Å². The van der Waals surface area contributed by atoms with Gasteiger partial charge in [0.1, 0.15) is 5.75 Å². The van der Waals surface area contributed by atoms with Crippen LogP contribution in [-0.4, -0.2) is 44.6 Å². The van der Waals surface area contributed by atoms with E-state index < -0.39 is 0 Å². The molecule has 0 fully saturated rings. The molecule has 1 rings (SSSR count). The van der Waals surface area contributed by atoms with Gasteiger partial charge >= 0.3 is 0 Å². The maximum Gasteiger partial charge on any atom is 0.257 e. The van der Waals surface area contributed by atoms with Gasteiger partial charge in [-0.2, -0.15) is 0 Å². The largest absolute Gasteiger partial charge is 0.482 e. The van der Waals surface area contributed by atoms with Crippen LogP contribution in [0.25, 0.3) is 0 Å². The van der Waals surface area contributed by atoms with Crippen LogP contribution < -0.4 is 10.1 Å². The number of hydrogen-bond acceptors (Lipinski definition) is 3. The number of carbonyl (C=O) groups excluding carboxylic acids is 1. The minimum absolute atomic E-state index is 0.0330. The Hall–Kier alpha value is -0.780. The first kappa shape index (κ1) is 15.3. The van der Waals surface area contributed by atoms with Crippen LogP contribution in [-0.2, 0) is 4.79 Å². The Labute approximate surface area is 120 Å². The van der Waals surface area contributed by atoms with Crippen LogP contribution >= 0.6 is 27.5 Å². The fourth-order valence-electron chi connectivity index (χ4n) is 1.21. The Bertz CT molecular complexity index is 413. The summed E-state index contributed by atoms with van der Waals surface area (Å²) in [6, 6.07) is 5.26. The predicted octanol–water partition coefficient (Wildman–Crippen LogP) is 2.16. The molecule has 0 bridgehead atoms. The number of nitrogens with one attached hydrogen (secondary N) is 1. The average molecular weight is 336 g/mol. The van der Waals surface area contributed by atoms with Crippen LogP contribution in [0.2, 0.25) is 5.02 Å². The second-order valence-electron chi connectivity index (χ2n) is 4.02. The van der Waals surface area contributed by atoms with E-state index in [9.17, 15) is 4.79 Å². The molecule has 0 aromatic heterocycles. The molecule has 0 radical (unpaired) electrons. The van der Waals surface area contributed by atoms with Crippen LogP contribution in [0, 0.1) is 0 Å². The lowest BCUT2D eigenvalue weighted by Gasteiger charge is -2.11. The van der Waals surface area contributed by atoms with E-state index >= 15 is 0 Å². The first-order valence-electron chi connectivity index (χ1n) is 5.48. The predicted molar refractivity (Wildman–Crippen MR) is 76.2 cm³/mol. The molecule has 0 unspecified atom stereocenters. The topological polar surface area (TPSA) is 41.6 Å². The molecular weight excluding hydrogens is 320 g/mol. The number of rotatable bonds is 6. The summed E-state index contributed by atoms with van der Waals surface area (Å²) in [5.41, 5.74) is 0. The highest BCUT2D eigenvalue weighted by Gasteiger charge is 2.06. The van der Waals surface area contributed by atoms with Gasteiger partial charge in [-0.1, -0.05) is 27.5 Å². The molecule has 18 heavy (non-hydrogen) atoms. The highest BCUT2D eigenvalue weighted by Crippen LogP contribution is 2.27. The van der Waals surface area contributed by atoms with Crippen LogP contribution in [0.3, 0.4) is 0 Å². The van der Waals surface area contributed by atoms with Gasteiger partial charge in [-0.05, 0) is 32.3 Å². The molecule has 6 heteroatoms. The summed E-state index contributed by atoms with van der Waals surface area (Å²) >= 11 is 9.27. The van der Waals surface area contributed by atoms with Gasteiger partial charge in [0.25, 0.3) is 5.91 Å². The number of hydrogen-bond donors (Lipinski definition) is 1. The third-order valence-electron chi connectivity index (χ3n) is 2.13. The van der Waals surface area contributed by atoms with Crippen molar-refractivity contribution in [3.63, 3.8) is 0 Å². The number of ether oxygens (including phenoxy) is 1. The van der Waals surface area contributed by atoms with E-state index in [4.69, 9.17) is 16.3 Å². The van der Waals surface area contributed by atoms with Crippen molar-refractivity contribution in [1.29, 1.82) is 0 Å². The zero-order valence-corrected chi connectivity index (χ0v) is 12.7. The van der Waals surface area contributed by atoms with Gasteiger partial charge in [0, 0.05) is 17.6 Å². The number of likely N-dealkylation sites (N-methyl/N-ethyl adjacent to an activating group) is 1. The number of nitrogens with zero attached hydrogens (tertiary/aromatic N) is 1. The van der Waals surface area contributed by atoms with Crippen molar-refractivity contribution in [3.8, 4) is 5.75 Å². The van der Waals surface area contributed by atoms with E-state index in [1.807, 2.05) is 25.1 Å². The summed E-state index contributed by atoms with van der Waals surface area (Å²) < 4.78 is 6.20. The highest BCUT2D eigenvalue weighted by molar-refractivity contribution is 9.10. The molecule has 0 saturated carbocycles. The quantitative estimate of drug-likeness (QED) is 0.866. The maximum absolute atomic E-state index is 11.5. The van der Waals surface area contributed by atoms with Gasteiger partial charge < -0.3 is 15.0 Å². The average Bonchev–Trinajstić information content (AvgIpc) is 2.27. The molecule has 100 valence electrons. The Morgan fingerprint density at radius 3 is 2.83 bits per heavy atom. The number of halogens is 2. The molecule has 0 spiro atoms. The number of carbonyl (C=O) groups is 1. The van der Waals surface area contributed by atoms with Gasteiger partial charge in [0.05, 0.1) is 5.02 Å². The van der Waals surface area contributed by atoms with Gasteiger partial charge in [0.15, 0.2) is 6.61 Å². The van der Waals surface area contributed by atoms with Crippen molar-refractivity contribution in [2.45, 2.75) is 0 Å². The van der Waals surface area contributed by atoms with E-state index in [1.54, 1.807) is 12.1 Å². The molecule has 4 nitrogen and oxygen atoms in total. The molecule has 0 heterocycles. The van der Waals surface area contributed by atoms with Crippen LogP contribution in [0.4, 0.5) is 0 Å². The van der Waals surface area contributed by atoms with Gasteiger partial charge in [0.2, 0.25) is 0 Å². The third kappa shape index (κ3) is 5.71. The maximum atomic E-state index is 11.5. The summed E-state index contributed by atoms with van der Waals surface area (Å²) in [6.45, 7) is 1.36. The standard InChI is InChI=1S/C12H16BrClN2O2/c1-16(2)6-5-15-12(17)8-18-11-4-3-9(13)7-10(11)14/h3-4,7H,5-6,8H2,1-2H3,(H,15,17). The smallest absolute Gasteiger partial charge is 0.257 e. The molecule has 1 aromatic rings. The van der Waals surface area contributed by atoms with Crippen molar-refractivity contribution in [1.82, 2.24) is 10.2 Å². The lowest BCUT2D eigenvalue weighted by molar-refractivity contribution is -0.123. The molecule has 0 aliphatic rings. The summed E-state index contributed by atoms with van der Waals surface area (Å²) in [5.74, 6) is 0.346. The fourth-order valence-corrected chi connectivity index (χ4v) is 1.93. The molecular formula is C12H16BrClN2O2. The lowest BCUT2D eigenvalue weighted by Crippen LogP contribution is -2.34. The summed E-state index contributed by atoms with van der Waals surface area (Å²) in [5, 5.41) is 3.23. The Balaban J connectivity index is 2.33. The number of benzene rings is 1. The van der Waals surface area contributed by atoms with Crippen molar-refractivity contribution in [3.05, 3.63) is 27.7 Å². The fraction of sp³-hybridized carbons (Fsp3) is 0.417. The second kappa shape index (κ2) is 7.61. The van der Waals surface area contributed by atoms with Gasteiger partial charge in [-0.3, -0.25) is 4.79 Å². The van der Waals surface area contributed by atoms with Crippen molar-refractivity contribution >= 4 is 33.4 Å². The van der Waals surface area contributed by atoms with E-state index in [0.717, 1.165) is 11.0 Å². The SMILES string of the molecule is CN(C)CCNC(=O)COc1ccc(Br)cc1Cl. The van der Waals surface area contributed by atoms with Crippen LogP contribution in [0.5, 0.6) is 5.75 Å². The highest BCUT2D eigenvalue weighted by atomic mass is 79.9. The zero-order chi connectivity index (χ0) is 13.5. The second-order valence-corrected chi connectivity index (χ2v) is 5.34. The van der Waals surface area contributed by atoms with Crippen molar-refractivity contribution in [2.24, 2.45) is 0 Å². The molecule has 0 saturated heterocycles. The van der Waals surface area contributed by atoms with Crippen molar-refractivity contribution < 1.29 is 9.53 Å². The summed E-state index contributed by atoms with van der Waals surface area (Å²) in [4.78, 5) is 13.5. The summed E-state index contributed by atoms with van der Waals surface area (Å²) in [6.07, 6.45) is 0. The first-order valence-corrected chi connectivity index (χ1v) is 6.65. The van der Waals surface area contributed by atoms with Gasteiger partial charge in [-0.25, -0.2) is 0 Å². The Morgan fingerprint density at radius 1 is 1.50 bits per heavy atom. The van der Waals surface area contributed by atoms with Crippen LogP contribution in [0.1, 0.15) is 0 Å². The molecule has 1 aromatic carbocycles. The first-order chi connectivity index (χ1) is 8.49. The van der Waals surface area contributed by atoms with E-state index in [0.29, 0.717) is 17.3 Å². The van der Waals surface area contributed by atoms with Crippen molar-refractivity contribution in [2.75, 3.05) is 33.8 Å². The number of amides is 1. The molecule has 0 aliphatic carbocycles. The third-order valence-corrected chi connectivity index (χ3v) is 2.92. The Kier molecular flexibility index (Phi) is 6.46. The molecule has 0 aliphatic heterocycles. The van der Waals surface area contributed by atoms with Gasteiger partial charge in [-0.15, -0.1) is 0 Å². The molecule has 0 atom stereocenters. The van der Waals surface area contributed by atoms with E-state index in [2.05, 4.69) is 21.2 Å². The lowest BCUT2D eigenvalue weighted by atomic mass is 10.3. The normalized spacial score (nSPS) is 10.5. The molecule has 1 N–H and O–H groups in total. The van der Waals surface area contributed by atoms with E-state index in [1.165, 1.54) is 0 Å². The zero-order valence-electron chi connectivity index (χ0n) is 10.4. The Morgan fingerprint density at radius 2 is 2.22 bits per heavy atom.